The molecule has 3 aromatic rings. The van der Waals surface area contributed by atoms with Gasteiger partial charge in [-0.25, -0.2) is 4.99 Å². The number of nitriles is 1. The summed E-state index contributed by atoms with van der Waals surface area (Å²) in [5.41, 5.74) is 2.62. The summed E-state index contributed by atoms with van der Waals surface area (Å²) in [6, 6.07) is 12.0. The summed E-state index contributed by atoms with van der Waals surface area (Å²) in [4.78, 5) is 16.0. The van der Waals surface area contributed by atoms with Crippen LogP contribution in [0.15, 0.2) is 45.8 Å². The number of benzene rings is 1. The molecular weight excluding hydrogens is 350 g/mol. The van der Waals surface area contributed by atoms with E-state index in [0.717, 1.165) is 35.4 Å². The first-order valence-corrected chi connectivity index (χ1v) is 8.90. The fraction of sp³-hybridized carbons (Fsp3) is 0.158. The minimum absolute atomic E-state index is 0.0388. The van der Waals surface area contributed by atoms with Crippen LogP contribution in [0.25, 0.3) is 11.3 Å². The SMILES string of the molecule is N#Cc1c(/N=C/c2ccc(-c3ccc([N+](=O)[O-])cc3)o2)sc2c1CCC2. The van der Waals surface area contributed by atoms with Gasteiger partial charge >= 0.3 is 0 Å². The predicted molar refractivity (Wildman–Crippen MR) is 99.1 cm³/mol. The summed E-state index contributed by atoms with van der Waals surface area (Å²) >= 11 is 1.57. The van der Waals surface area contributed by atoms with Crippen LogP contribution >= 0.6 is 11.3 Å². The van der Waals surface area contributed by atoms with Crippen molar-refractivity contribution in [1.82, 2.24) is 0 Å². The third-order valence-corrected chi connectivity index (χ3v) is 5.51. The van der Waals surface area contributed by atoms with Gasteiger partial charge in [0.2, 0.25) is 0 Å². The molecule has 0 unspecified atom stereocenters. The second-order valence-electron chi connectivity index (χ2n) is 5.91. The van der Waals surface area contributed by atoms with Crippen molar-refractivity contribution in [2.45, 2.75) is 19.3 Å². The zero-order chi connectivity index (χ0) is 18.1. The van der Waals surface area contributed by atoms with Crippen LogP contribution in [-0.4, -0.2) is 11.1 Å². The molecule has 2 heterocycles. The number of rotatable bonds is 4. The number of furan rings is 1. The Morgan fingerprint density at radius 3 is 2.77 bits per heavy atom. The van der Waals surface area contributed by atoms with Gasteiger partial charge in [0.05, 0.1) is 16.7 Å². The van der Waals surface area contributed by atoms with Crippen molar-refractivity contribution >= 4 is 28.2 Å². The molecule has 128 valence electrons. The molecule has 0 atom stereocenters. The minimum atomic E-state index is -0.435. The van der Waals surface area contributed by atoms with Crippen molar-refractivity contribution in [1.29, 1.82) is 5.26 Å². The molecule has 1 aromatic carbocycles. The van der Waals surface area contributed by atoms with Gasteiger partial charge in [0.25, 0.3) is 5.69 Å². The highest BCUT2D eigenvalue weighted by molar-refractivity contribution is 7.16. The topological polar surface area (TPSA) is 92.4 Å². The van der Waals surface area contributed by atoms with Gasteiger partial charge in [-0.3, -0.25) is 10.1 Å². The number of hydrogen-bond acceptors (Lipinski definition) is 6. The number of fused-ring (bicyclic) bond motifs is 1. The molecule has 0 radical (unpaired) electrons. The van der Waals surface area contributed by atoms with Crippen LogP contribution in [0.1, 0.15) is 28.2 Å². The molecule has 2 aromatic heterocycles. The number of non-ortho nitro benzene ring substituents is 1. The van der Waals surface area contributed by atoms with Crippen LogP contribution in [-0.2, 0) is 12.8 Å². The summed E-state index contributed by atoms with van der Waals surface area (Å²) in [5.74, 6) is 1.17. The van der Waals surface area contributed by atoms with E-state index in [4.69, 9.17) is 4.42 Å². The Balaban J connectivity index is 1.57. The molecule has 0 N–H and O–H groups in total. The highest BCUT2D eigenvalue weighted by Crippen LogP contribution is 2.40. The average Bonchev–Trinajstić information content (AvgIpc) is 3.35. The van der Waals surface area contributed by atoms with E-state index in [1.165, 1.54) is 17.0 Å². The summed E-state index contributed by atoms with van der Waals surface area (Å²) in [5, 5.41) is 20.8. The quantitative estimate of drug-likeness (QED) is 0.369. The fourth-order valence-electron chi connectivity index (χ4n) is 3.04. The smallest absolute Gasteiger partial charge is 0.269 e. The zero-order valence-electron chi connectivity index (χ0n) is 13.6. The maximum absolute atomic E-state index is 10.7. The molecule has 4 rings (SSSR count). The average molecular weight is 363 g/mol. The minimum Gasteiger partial charge on any atom is -0.455 e. The highest BCUT2D eigenvalue weighted by atomic mass is 32.1. The maximum atomic E-state index is 10.7. The summed E-state index contributed by atoms with van der Waals surface area (Å²) in [7, 11) is 0. The van der Waals surface area contributed by atoms with Gasteiger partial charge in [-0.1, -0.05) is 0 Å². The fourth-order valence-corrected chi connectivity index (χ4v) is 4.23. The lowest BCUT2D eigenvalue weighted by atomic mass is 10.1. The van der Waals surface area contributed by atoms with Crippen LogP contribution in [0, 0.1) is 21.4 Å². The Bertz CT molecular complexity index is 1050. The second-order valence-corrected chi connectivity index (χ2v) is 7.00. The van der Waals surface area contributed by atoms with Crippen LogP contribution in [0.3, 0.4) is 0 Å². The molecule has 6 nitrogen and oxygen atoms in total. The molecule has 1 aliphatic carbocycles. The van der Waals surface area contributed by atoms with Crippen LogP contribution in [0.5, 0.6) is 0 Å². The van der Waals surface area contributed by atoms with Crippen LogP contribution in [0.4, 0.5) is 10.7 Å². The Labute approximate surface area is 153 Å². The summed E-state index contributed by atoms with van der Waals surface area (Å²) in [6.07, 6.45) is 4.69. The maximum Gasteiger partial charge on any atom is 0.269 e. The Morgan fingerprint density at radius 1 is 1.23 bits per heavy atom. The van der Waals surface area contributed by atoms with E-state index in [2.05, 4.69) is 11.1 Å². The van der Waals surface area contributed by atoms with E-state index in [9.17, 15) is 15.4 Å². The highest BCUT2D eigenvalue weighted by Gasteiger charge is 2.21. The third kappa shape index (κ3) is 2.91. The Kier molecular flexibility index (Phi) is 4.11. The number of hydrogen-bond donors (Lipinski definition) is 0. The predicted octanol–water partition coefficient (Wildman–Crippen LogP) is 5.03. The largest absolute Gasteiger partial charge is 0.455 e. The first-order chi connectivity index (χ1) is 12.7. The van der Waals surface area contributed by atoms with Crippen LogP contribution < -0.4 is 0 Å². The van der Waals surface area contributed by atoms with Gasteiger partial charge < -0.3 is 4.42 Å². The molecule has 26 heavy (non-hydrogen) atoms. The lowest BCUT2D eigenvalue weighted by Gasteiger charge is -1.96. The Morgan fingerprint density at radius 2 is 2.04 bits per heavy atom. The molecule has 0 aliphatic heterocycles. The van der Waals surface area contributed by atoms with Crippen molar-refractivity contribution in [2.24, 2.45) is 4.99 Å². The summed E-state index contributed by atoms with van der Waals surface area (Å²) < 4.78 is 5.75. The van der Waals surface area contributed by atoms with E-state index in [1.807, 2.05) is 0 Å². The van der Waals surface area contributed by atoms with Crippen molar-refractivity contribution in [3.63, 3.8) is 0 Å². The Hall–Kier alpha value is -3.24. The molecular formula is C19H13N3O3S. The van der Waals surface area contributed by atoms with E-state index in [-0.39, 0.29) is 5.69 Å². The van der Waals surface area contributed by atoms with E-state index >= 15 is 0 Å². The first-order valence-electron chi connectivity index (χ1n) is 8.09. The molecule has 7 heteroatoms. The number of thiophene rings is 1. The van der Waals surface area contributed by atoms with Gasteiger partial charge in [0, 0.05) is 22.6 Å². The molecule has 0 fully saturated rings. The van der Waals surface area contributed by atoms with Crippen molar-refractivity contribution in [3.05, 3.63) is 68.3 Å². The van der Waals surface area contributed by atoms with Gasteiger partial charge in [0.1, 0.15) is 22.6 Å². The zero-order valence-corrected chi connectivity index (χ0v) is 14.5. The lowest BCUT2D eigenvalue weighted by Crippen LogP contribution is -1.86. The van der Waals surface area contributed by atoms with Gasteiger partial charge in [-0.15, -0.1) is 11.3 Å². The monoisotopic (exact) mass is 363 g/mol. The molecule has 0 amide bonds. The number of nitro benzene ring substituents is 1. The molecule has 0 saturated carbocycles. The summed E-state index contributed by atoms with van der Waals surface area (Å²) in [6.45, 7) is 0. The van der Waals surface area contributed by atoms with Crippen LogP contribution in [0.2, 0.25) is 0 Å². The lowest BCUT2D eigenvalue weighted by molar-refractivity contribution is -0.384. The van der Waals surface area contributed by atoms with Crippen molar-refractivity contribution < 1.29 is 9.34 Å². The third-order valence-electron chi connectivity index (χ3n) is 4.31. The molecule has 0 spiro atoms. The standard InChI is InChI=1S/C19H13N3O3S/c20-10-16-15-2-1-3-18(15)26-19(16)21-11-14-8-9-17(25-14)12-4-6-13(7-5-12)22(23)24/h4-9,11H,1-3H2/b21-11+. The number of nitrogens with zero attached hydrogens (tertiary/aromatic N) is 3. The normalized spacial score (nSPS) is 13.0. The van der Waals surface area contributed by atoms with E-state index < -0.39 is 4.92 Å². The van der Waals surface area contributed by atoms with E-state index in [0.29, 0.717) is 17.1 Å². The molecule has 0 bridgehead atoms. The number of aliphatic imine (C=N–C) groups is 1. The number of nitro groups is 1. The first kappa shape index (κ1) is 16.2. The van der Waals surface area contributed by atoms with Crippen molar-refractivity contribution in [3.8, 4) is 17.4 Å². The number of aryl methyl sites for hydroxylation is 1. The molecule has 1 aliphatic rings. The van der Waals surface area contributed by atoms with Crippen molar-refractivity contribution in [2.75, 3.05) is 0 Å². The van der Waals surface area contributed by atoms with Gasteiger partial charge in [0.15, 0.2) is 0 Å². The van der Waals surface area contributed by atoms with Gasteiger partial charge in [-0.05, 0) is 49.1 Å². The van der Waals surface area contributed by atoms with E-state index in [1.54, 1.807) is 41.8 Å². The molecule has 0 saturated heterocycles. The second kappa shape index (κ2) is 6.58. The van der Waals surface area contributed by atoms with Gasteiger partial charge in [-0.2, -0.15) is 5.26 Å².